The first-order valence-electron chi connectivity index (χ1n) is 4.71. The molecule has 0 N–H and O–H groups in total. The van der Waals surface area contributed by atoms with Crippen molar-refractivity contribution in [3.8, 4) is 0 Å². The van der Waals surface area contributed by atoms with Crippen molar-refractivity contribution in [3.05, 3.63) is 39.2 Å². The van der Waals surface area contributed by atoms with Crippen LogP contribution in [0.25, 0.3) is 11.0 Å². The summed E-state index contributed by atoms with van der Waals surface area (Å²) < 4.78 is 2.59. The van der Waals surface area contributed by atoms with E-state index in [0.717, 1.165) is 0 Å². The zero-order valence-corrected chi connectivity index (χ0v) is 8.60. The van der Waals surface area contributed by atoms with Gasteiger partial charge in [0.05, 0.1) is 5.39 Å². The Morgan fingerprint density at radius 3 is 2.80 bits per heavy atom. The number of nitrogens with zero attached hydrogens (tertiary/aromatic N) is 3. The first kappa shape index (κ1) is 9.64. The molecule has 0 atom stereocenters. The van der Waals surface area contributed by atoms with Gasteiger partial charge >= 0.3 is 5.69 Å². The molecule has 0 saturated carbocycles. The van der Waals surface area contributed by atoms with Gasteiger partial charge in [-0.15, -0.1) is 0 Å². The largest absolute Gasteiger partial charge is 0.332 e. The Balaban J connectivity index is 3.10. The first-order valence-corrected chi connectivity index (χ1v) is 4.71. The molecule has 0 aliphatic heterocycles. The van der Waals surface area contributed by atoms with Crippen LogP contribution in [0.3, 0.4) is 0 Å². The van der Waals surface area contributed by atoms with Gasteiger partial charge in [0.1, 0.15) is 5.65 Å². The summed E-state index contributed by atoms with van der Waals surface area (Å²) in [6, 6.07) is 3.37. The summed E-state index contributed by atoms with van der Waals surface area (Å²) in [4.78, 5) is 27.6. The second-order valence-electron chi connectivity index (χ2n) is 3.27. The Bertz CT molecular complexity index is 625. The highest BCUT2D eigenvalue weighted by atomic mass is 16.2. The minimum absolute atomic E-state index is 0.274. The van der Waals surface area contributed by atoms with E-state index in [4.69, 9.17) is 0 Å². The lowest BCUT2D eigenvalue weighted by Crippen LogP contribution is -2.38. The molecule has 0 saturated heterocycles. The second-order valence-corrected chi connectivity index (χ2v) is 3.27. The predicted molar refractivity (Wildman–Crippen MR) is 56.9 cm³/mol. The molecule has 0 amide bonds. The molecule has 5 nitrogen and oxygen atoms in total. The summed E-state index contributed by atoms with van der Waals surface area (Å²) in [6.07, 6.45) is 1.57. The summed E-state index contributed by atoms with van der Waals surface area (Å²) in [5, 5.41) is 0.474. The molecule has 0 spiro atoms. The second kappa shape index (κ2) is 3.34. The van der Waals surface area contributed by atoms with E-state index in [1.54, 1.807) is 32.3 Å². The Morgan fingerprint density at radius 1 is 1.40 bits per heavy atom. The molecule has 0 fully saturated rings. The molecular formula is C10H11N3O2. The van der Waals surface area contributed by atoms with Crippen molar-refractivity contribution < 1.29 is 0 Å². The zero-order valence-electron chi connectivity index (χ0n) is 8.60. The molecule has 2 heterocycles. The van der Waals surface area contributed by atoms with Gasteiger partial charge in [-0.1, -0.05) is 0 Å². The minimum atomic E-state index is -0.325. The fourth-order valence-electron chi connectivity index (χ4n) is 1.61. The third-order valence-corrected chi connectivity index (χ3v) is 2.41. The summed E-state index contributed by atoms with van der Waals surface area (Å²) in [6.45, 7) is 2.14. The molecule has 15 heavy (non-hydrogen) atoms. The topological polar surface area (TPSA) is 56.9 Å². The van der Waals surface area contributed by atoms with E-state index < -0.39 is 0 Å². The first-order chi connectivity index (χ1) is 7.16. The molecule has 0 aromatic carbocycles. The fourth-order valence-corrected chi connectivity index (χ4v) is 1.61. The average molecular weight is 205 g/mol. The molecule has 2 aromatic rings. The van der Waals surface area contributed by atoms with E-state index in [-0.39, 0.29) is 11.2 Å². The van der Waals surface area contributed by atoms with Crippen LogP contribution in [-0.4, -0.2) is 14.1 Å². The smallest absolute Gasteiger partial charge is 0.280 e. The summed E-state index contributed by atoms with van der Waals surface area (Å²) in [5.74, 6) is 0. The van der Waals surface area contributed by atoms with Gasteiger partial charge in [0.2, 0.25) is 0 Å². The molecule has 0 radical (unpaired) electrons. The van der Waals surface area contributed by atoms with Crippen LogP contribution in [0, 0.1) is 0 Å². The summed E-state index contributed by atoms with van der Waals surface area (Å²) in [7, 11) is 1.61. The van der Waals surface area contributed by atoms with Gasteiger partial charge in [-0.2, -0.15) is 0 Å². The molecule has 0 unspecified atom stereocenters. The molecule has 0 aliphatic rings. The third-order valence-electron chi connectivity index (χ3n) is 2.41. The van der Waals surface area contributed by atoms with Crippen molar-refractivity contribution in [1.82, 2.24) is 14.1 Å². The van der Waals surface area contributed by atoms with Crippen LogP contribution in [0.4, 0.5) is 0 Å². The molecule has 78 valence electrons. The fraction of sp³-hybridized carbons (Fsp3) is 0.300. The monoisotopic (exact) mass is 205 g/mol. The number of aryl methyl sites for hydroxylation is 1. The zero-order chi connectivity index (χ0) is 11.0. The summed E-state index contributed by atoms with van der Waals surface area (Å²) in [5.41, 5.74) is -0.172. The van der Waals surface area contributed by atoms with E-state index in [2.05, 4.69) is 4.98 Å². The Hall–Kier alpha value is -1.91. The quantitative estimate of drug-likeness (QED) is 0.664. The average Bonchev–Trinajstić information content (AvgIpc) is 2.27. The predicted octanol–water partition coefficient (Wildman–Crippen LogP) is 0.115. The van der Waals surface area contributed by atoms with Crippen molar-refractivity contribution >= 4 is 11.0 Å². The number of rotatable bonds is 1. The van der Waals surface area contributed by atoms with Crippen molar-refractivity contribution in [3.63, 3.8) is 0 Å². The summed E-state index contributed by atoms with van der Waals surface area (Å²) >= 11 is 0. The van der Waals surface area contributed by atoms with Gasteiger partial charge in [0.15, 0.2) is 0 Å². The van der Waals surface area contributed by atoms with Gasteiger partial charge in [-0.05, 0) is 19.1 Å². The standard InChI is InChI=1S/C10H11N3O2/c1-3-13-9(14)7-5-4-6-11-8(7)12(2)10(13)15/h4-6H,3H2,1-2H3. The maximum Gasteiger partial charge on any atom is 0.332 e. The molecule has 0 aliphatic carbocycles. The van der Waals surface area contributed by atoms with Crippen LogP contribution >= 0.6 is 0 Å². The maximum atomic E-state index is 11.8. The van der Waals surface area contributed by atoms with Crippen LogP contribution in [0.5, 0.6) is 0 Å². The minimum Gasteiger partial charge on any atom is -0.280 e. The third kappa shape index (κ3) is 1.27. The van der Waals surface area contributed by atoms with Crippen LogP contribution in [-0.2, 0) is 13.6 Å². The SMILES string of the molecule is CCn1c(=O)c2cccnc2n(C)c1=O. The van der Waals surface area contributed by atoms with E-state index in [1.807, 2.05) is 0 Å². The molecule has 5 heteroatoms. The van der Waals surface area contributed by atoms with Crippen molar-refractivity contribution in [2.45, 2.75) is 13.5 Å². The number of fused-ring (bicyclic) bond motifs is 1. The molecule has 0 bridgehead atoms. The van der Waals surface area contributed by atoms with Gasteiger partial charge < -0.3 is 0 Å². The number of hydrogen-bond donors (Lipinski definition) is 0. The Labute approximate surface area is 85.6 Å². The van der Waals surface area contributed by atoms with Crippen molar-refractivity contribution in [2.24, 2.45) is 7.05 Å². The van der Waals surface area contributed by atoms with Crippen LogP contribution in [0.1, 0.15) is 6.92 Å². The normalized spacial score (nSPS) is 10.8. The molecule has 2 aromatic heterocycles. The number of aromatic nitrogens is 3. The highest BCUT2D eigenvalue weighted by Gasteiger charge is 2.09. The van der Waals surface area contributed by atoms with E-state index >= 15 is 0 Å². The number of hydrogen-bond acceptors (Lipinski definition) is 3. The number of pyridine rings is 1. The van der Waals surface area contributed by atoms with Crippen LogP contribution in [0.15, 0.2) is 27.9 Å². The van der Waals surface area contributed by atoms with Gasteiger partial charge in [-0.25, -0.2) is 9.78 Å². The van der Waals surface area contributed by atoms with Gasteiger partial charge in [0.25, 0.3) is 5.56 Å². The van der Waals surface area contributed by atoms with Gasteiger partial charge in [-0.3, -0.25) is 13.9 Å². The highest BCUT2D eigenvalue weighted by Crippen LogP contribution is 2.01. The van der Waals surface area contributed by atoms with E-state index in [1.165, 1.54) is 9.13 Å². The highest BCUT2D eigenvalue weighted by molar-refractivity contribution is 5.73. The Morgan fingerprint density at radius 2 is 2.13 bits per heavy atom. The van der Waals surface area contributed by atoms with Crippen molar-refractivity contribution in [1.29, 1.82) is 0 Å². The van der Waals surface area contributed by atoms with Crippen molar-refractivity contribution in [2.75, 3.05) is 0 Å². The van der Waals surface area contributed by atoms with E-state index in [9.17, 15) is 9.59 Å². The van der Waals surface area contributed by atoms with Crippen LogP contribution in [0.2, 0.25) is 0 Å². The lowest BCUT2D eigenvalue weighted by atomic mass is 10.3. The van der Waals surface area contributed by atoms with Crippen LogP contribution < -0.4 is 11.2 Å². The van der Waals surface area contributed by atoms with E-state index in [0.29, 0.717) is 17.6 Å². The maximum absolute atomic E-state index is 11.8. The lowest BCUT2D eigenvalue weighted by Gasteiger charge is -2.07. The Kier molecular flexibility index (Phi) is 2.15. The molecular weight excluding hydrogens is 194 g/mol. The lowest BCUT2D eigenvalue weighted by molar-refractivity contribution is 0.637. The molecule has 2 rings (SSSR count). The van der Waals surface area contributed by atoms with Gasteiger partial charge in [0, 0.05) is 19.8 Å².